The second-order valence-corrected chi connectivity index (χ2v) is 9.16. The Morgan fingerprint density at radius 3 is 2.75 bits per heavy atom. The van der Waals surface area contributed by atoms with Gasteiger partial charge in [-0.25, -0.2) is 13.1 Å². The second-order valence-electron chi connectivity index (χ2n) is 6.39. The predicted molar refractivity (Wildman–Crippen MR) is 81.3 cm³/mol. The van der Waals surface area contributed by atoms with Crippen molar-refractivity contribution in [1.29, 1.82) is 0 Å². The summed E-state index contributed by atoms with van der Waals surface area (Å²) < 4.78 is 27.3. The summed E-state index contributed by atoms with van der Waals surface area (Å²) in [5.74, 6) is 0. The first-order valence-corrected chi connectivity index (χ1v) is 9.64. The van der Waals surface area contributed by atoms with Crippen molar-refractivity contribution in [3.63, 3.8) is 0 Å². The normalized spacial score (nSPS) is 21.6. The van der Waals surface area contributed by atoms with Crippen LogP contribution in [0.2, 0.25) is 0 Å². The number of sulfonamides is 1. The highest BCUT2D eigenvalue weighted by Crippen LogP contribution is 2.39. The van der Waals surface area contributed by atoms with Gasteiger partial charge in [-0.15, -0.1) is 11.3 Å². The fourth-order valence-corrected chi connectivity index (χ4v) is 4.86. The molecule has 2 aliphatic carbocycles. The lowest BCUT2D eigenvalue weighted by molar-refractivity contribution is 0.166. The molecule has 0 saturated heterocycles. The van der Waals surface area contributed by atoms with Crippen LogP contribution in [0.15, 0.2) is 16.3 Å². The molecule has 2 saturated carbocycles. The molecule has 6 heteroatoms. The Bertz CT molecular complexity index is 572. The van der Waals surface area contributed by atoms with Crippen LogP contribution in [0.5, 0.6) is 0 Å². The van der Waals surface area contributed by atoms with Gasteiger partial charge in [0.05, 0.1) is 4.90 Å². The zero-order valence-corrected chi connectivity index (χ0v) is 13.4. The average molecular weight is 314 g/mol. The molecule has 2 aliphatic rings. The Morgan fingerprint density at radius 1 is 1.40 bits per heavy atom. The van der Waals surface area contributed by atoms with Gasteiger partial charge >= 0.3 is 0 Å². The van der Waals surface area contributed by atoms with Crippen LogP contribution in [-0.4, -0.2) is 21.0 Å². The van der Waals surface area contributed by atoms with E-state index in [1.807, 2.05) is 0 Å². The molecule has 20 heavy (non-hydrogen) atoms. The van der Waals surface area contributed by atoms with Crippen LogP contribution in [0.1, 0.15) is 43.9 Å². The molecule has 112 valence electrons. The summed E-state index contributed by atoms with van der Waals surface area (Å²) in [6.07, 6.45) is 5.95. The Labute approximate surface area is 125 Å². The van der Waals surface area contributed by atoms with Gasteiger partial charge in [-0.05, 0) is 37.2 Å². The van der Waals surface area contributed by atoms with Crippen LogP contribution in [0.25, 0.3) is 0 Å². The molecule has 0 amide bonds. The first kappa shape index (κ1) is 14.5. The van der Waals surface area contributed by atoms with Gasteiger partial charge in [0.2, 0.25) is 10.0 Å². The average Bonchev–Trinajstić information content (AvgIpc) is 3.08. The third-order valence-corrected chi connectivity index (χ3v) is 6.80. The van der Waals surface area contributed by atoms with E-state index in [2.05, 4.69) is 17.0 Å². The summed E-state index contributed by atoms with van der Waals surface area (Å²) >= 11 is 1.52. The highest BCUT2D eigenvalue weighted by molar-refractivity contribution is 7.89. The molecule has 2 fully saturated rings. The molecule has 0 aliphatic heterocycles. The Morgan fingerprint density at radius 2 is 2.15 bits per heavy atom. The van der Waals surface area contributed by atoms with Crippen LogP contribution >= 0.6 is 11.3 Å². The van der Waals surface area contributed by atoms with Crippen LogP contribution in [0, 0.1) is 5.41 Å². The summed E-state index contributed by atoms with van der Waals surface area (Å²) in [5, 5.41) is 5.15. The van der Waals surface area contributed by atoms with Gasteiger partial charge in [0.1, 0.15) is 0 Å². The number of nitrogens with one attached hydrogen (secondary N) is 2. The van der Waals surface area contributed by atoms with Gasteiger partial charge in [0.15, 0.2) is 0 Å². The molecule has 4 nitrogen and oxygen atoms in total. The Hall–Kier alpha value is -0.430. The van der Waals surface area contributed by atoms with Crippen LogP contribution in [0.4, 0.5) is 0 Å². The minimum Gasteiger partial charge on any atom is -0.309 e. The van der Waals surface area contributed by atoms with Crippen LogP contribution < -0.4 is 10.0 Å². The fourth-order valence-electron chi connectivity index (χ4n) is 2.44. The molecule has 0 spiro atoms. The van der Waals surface area contributed by atoms with Crippen molar-refractivity contribution in [2.75, 3.05) is 6.54 Å². The first-order chi connectivity index (χ1) is 9.47. The number of hydrogen-bond donors (Lipinski definition) is 2. The minimum atomic E-state index is -3.34. The van der Waals surface area contributed by atoms with E-state index in [-0.39, 0.29) is 5.41 Å². The molecule has 3 rings (SSSR count). The topological polar surface area (TPSA) is 58.2 Å². The van der Waals surface area contributed by atoms with E-state index in [0.717, 1.165) is 24.3 Å². The molecule has 0 atom stereocenters. The third kappa shape index (κ3) is 3.42. The molecule has 1 heterocycles. The molecule has 1 aromatic heterocycles. The standard InChI is InChI=1S/C14H22N2O2S2/c1-14(5-2-6-14)10-16-20(17,18)13-7-12(19-9-13)8-15-11-3-4-11/h7,9,11,15-16H,2-6,8,10H2,1H3. The second kappa shape index (κ2) is 5.40. The van der Waals surface area contributed by atoms with E-state index in [4.69, 9.17) is 0 Å². The summed E-state index contributed by atoms with van der Waals surface area (Å²) in [6, 6.07) is 2.44. The van der Waals surface area contributed by atoms with Crippen molar-refractivity contribution in [2.45, 2.75) is 56.5 Å². The van der Waals surface area contributed by atoms with Crippen molar-refractivity contribution in [3.8, 4) is 0 Å². The monoisotopic (exact) mass is 314 g/mol. The Balaban J connectivity index is 1.58. The van der Waals surface area contributed by atoms with Crippen molar-refractivity contribution < 1.29 is 8.42 Å². The van der Waals surface area contributed by atoms with Crippen LogP contribution in [-0.2, 0) is 16.6 Å². The van der Waals surface area contributed by atoms with Crippen molar-refractivity contribution in [1.82, 2.24) is 10.0 Å². The van der Waals surface area contributed by atoms with E-state index >= 15 is 0 Å². The first-order valence-electron chi connectivity index (χ1n) is 7.27. The largest absolute Gasteiger partial charge is 0.309 e. The number of hydrogen-bond acceptors (Lipinski definition) is 4. The molecule has 1 aromatic rings. The van der Waals surface area contributed by atoms with Crippen molar-refractivity contribution >= 4 is 21.4 Å². The molecule has 0 aromatic carbocycles. The molecular formula is C14H22N2O2S2. The maximum absolute atomic E-state index is 12.3. The number of rotatable bonds is 7. The van der Waals surface area contributed by atoms with Crippen molar-refractivity contribution in [2.24, 2.45) is 5.41 Å². The van der Waals surface area contributed by atoms with Gasteiger partial charge < -0.3 is 5.32 Å². The zero-order valence-electron chi connectivity index (χ0n) is 11.8. The van der Waals surface area contributed by atoms with Gasteiger partial charge in [0, 0.05) is 29.4 Å². The lowest BCUT2D eigenvalue weighted by atomic mass is 9.71. The summed E-state index contributed by atoms with van der Waals surface area (Å²) in [4.78, 5) is 1.50. The molecular weight excluding hydrogens is 292 g/mol. The summed E-state index contributed by atoms with van der Waals surface area (Å²) in [6.45, 7) is 3.49. The fraction of sp³-hybridized carbons (Fsp3) is 0.714. The molecule has 0 bridgehead atoms. The Kier molecular flexibility index (Phi) is 3.92. The summed E-state index contributed by atoms with van der Waals surface area (Å²) in [5.41, 5.74) is 0.166. The van der Waals surface area contributed by atoms with E-state index in [9.17, 15) is 8.42 Å². The smallest absolute Gasteiger partial charge is 0.241 e. The van der Waals surface area contributed by atoms with Gasteiger partial charge in [-0.2, -0.15) is 0 Å². The van der Waals surface area contributed by atoms with E-state index in [0.29, 0.717) is 17.5 Å². The van der Waals surface area contributed by atoms with Crippen molar-refractivity contribution in [3.05, 3.63) is 16.3 Å². The molecule has 0 radical (unpaired) electrons. The highest BCUT2D eigenvalue weighted by atomic mass is 32.2. The van der Waals surface area contributed by atoms with Gasteiger partial charge in [-0.1, -0.05) is 13.3 Å². The third-order valence-electron chi connectivity index (χ3n) is 4.33. The maximum Gasteiger partial charge on any atom is 0.241 e. The molecule has 0 unspecified atom stereocenters. The lowest BCUT2D eigenvalue weighted by Gasteiger charge is -2.38. The SMILES string of the molecule is CC1(CNS(=O)(=O)c2csc(CNC3CC3)c2)CCC1. The minimum absolute atomic E-state index is 0.166. The van der Waals surface area contributed by atoms with E-state index in [1.54, 1.807) is 11.4 Å². The maximum atomic E-state index is 12.3. The lowest BCUT2D eigenvalue weighted by Crippen LogP contribution is -2.39. The predicted octanol–water partition coefficient (Wildman–Crippen LogP) is 2.47. The summed E-state index contributed by atoms with van der Waals surface area (Å²) in [7, 11) is -3.34. The van der Waals surface area contributed by atoms with E-state index < -0.39 is 10.0 Å². The van der Waals surface area contributed by atoms with Gasteiger partial charge in [0.25, 0.3) is 0 Å². The van der Waals surface area contributed by atoms with Gasteiger partial charge in [-0.3, -0.25) is 0 Å². The highest BCUT2D eigenvalue weighted by Gasteiger charge is 2.33. The van der Waals surface area contributed by atoms with E-state index in [1.165, 1.54) is 30.6 Å². The quantitative estimate of drug-likeness (QED) is 0.813. The van der Waals surface area contributed by atoms with Crippen LogP contribution in [0.3, 0.4) is 0 Å². The zero-order chi connectivity index (χ0) is 14.2. The number of thiophene rings is 1. The molecule has 2 N–H and O–H groups in total.